The topological polar surface area (TPSA) is 306 Å². The van der Waals surface area contributed by atoms with Gasteiger partial charge in [0.2, 0.25) is 11.8 Å². The number of nitrogens with one attached hydrogen (secondary N) is 4. The summed E-state index contributed by atoms with van der Waals surface area (Å²) in [6.07, 6.45) is 10.5. The molecule has 17 rings (SSSR count). The van der Waals surface area contributed by atoms with Crippen molar-refractivity contribution in [3.8, 4) is 29.1 Å². The number of pyridine rings is 4. The molecule has 99 heavy (non-hydrogen) atoms. The van der Waals surface area contributed by atoms with E-state index in [1.165, 1.54) is 88.5 Å². The fraction of sp³-hybridized carbons (Fsp3) is 0.521. The quantitative estimate of drug-likeness (QED) is 0.0780. The summed E-state index contributed by atoms with van der Waals surface area (Å²) in [4.78, 5) is 49.6. The van der Waals surface area contributed by atoms with Gasteiger partial charge in [-0.2, -0.15) is 25.3 Å². The minimum Gasteiger partial charge on any atom is -0.477 e. The number of amides is 2. The van der Waals surface area contributed by atoms with E-state index in [0.29, 0.717) is 32.6 Å². The molecule has 8 bridgehead atoms. The van der Waals surface area contributed by atoms with E-state index >= 15 is 0 Å². The monoisotopic (exact) mass is 1410 g/mol. The molecule has 4 aliphatic heterocycles. The lowest BCUT2D eigenvalue weighted by atomic mass is 9.93. The zero-order chi connectivity index (χ0) is 76.7. The number of aromatic nitrogens is 8. The maximum Gasteiger partial charge on any atom is 0.339 e. The Bertz CT molecular complexity index is 5170. The molecule has 0 radical (unpaired) electrons. The van der Waals surface area contributed by atoms with Crippen LogP contribution in [0.25, 0.3) is 11.6 Å². The SMILES string of the molecule is [2H]C([2H])(Oc1ccn(-c2ccc3c(n2)N2C[C@@H](CCCNc4nc(ccc4OS(=O)(=O)c4ccc(C)cc4)S(=O)(=O)NC3=O)CC2(C)C)n1)C([2H])([2H])C1C2(CC2)C12CC2.[2H]c1ccc2nc1NCCC[C@@H]1CN(c3nc(-n4ccc(OC([2H])([2H])C([2H])([2H])C5C6(CC6)C56CC6)n4)ccc3C(=O)NS2(=O)=O)C(C)(C)C1. The minimum absolute atomic E-state index is 0.0342. The molecule has 1 aromatic carbocycles. The predicted octanol–water partition coefficient (Wildman–Crippen LogP) is 10.2. The Kier molecular flexibility index (Phi) is 13.2. The van der Waals surface area contributed by atoms with Gasteiger partial charge in [0.05, 0.1) is 31.1 Å². The van der Waals surface area contributed by atoms with E-state index in [0.717, 1.165) is 95.1 Å². The first-order valence-electron chi connectivity index (χ1n) is 38.4. The molecule has 28 heteroatoms. The predicted molar refractivity (Wildman–Crippen MR) is 368 cm³/mol. The molecule has 25 nitrogen and oxygen atoms in total. The number of aryl methyl sites for hydroxylation is 1. The van der Waals surface area contributed by atoms with Crippen LogP contribution in [0.15, 0.2) is 118 Å². The van der Waals surface area contributed by atoms with Gasteiger partial charge in [-0.05, 0) is 243 Å². The van der Waals surface area contributed by atoms with Crippen LogP contribution in [0.2, 0.25) is 0 Å². The highest BCUT2D eigenvalue weighted by molar-refractivity contribution is 7.90. The van der Waals surface area contributed by atoms with Crippen molar-refractivity contribution < 1.29 is 60.8 Å². The Morgan fingerprint density at radius 3 is 1.56 bits per heavy atom. The lowest BCUT2D eigenvalue weighted by Gasteiger charge is -2.34. The number of carbonyl (C=O) groups excluding carboxylic acids is 2. The van der Waals surface area contributed by atoms with Crippen LogP contribution < -0.4 is 43.5 Å². The van der Waals surface area contributed by atoms with E-state index in [1.807, 2.05) is 30.6 Å². The highest BCUT2D eigenvalue weighted by Gasteiger charge is 2.86. The van der Waals surface area contributed by atoms with Gasteiger partial charge in [-0.3, -0.25) is 9.59 Å². The lowest BCUT2D eigenvalue weighted by Crippen LogP contribution is -2.41. The van der Waals surface area contributed by atoms with Crippen molar-refractivity contribution in [2.75, 3.05) is 59.7 Å². The van der Waals surface area contributed by atoms with Crippen molar-refractivity contribution in [2.24, 2.45) is 45.3 Å². The third-order valence-electron chi connectivity index (χ3n) is 22.3. The fourth-order valence-electron chi connectivity index (χ4n) is 16.7. The lowest BCUT2D eigenvalue weighted by molar-refractivity contribution is 0.0972. The average molecular weight is 1410 g/mol. The molecule has 2 saturated heterocycles. The summed E-state index contributed by atoms with van der Waals surface area (Å²) in [5.74, 6) is -1.70. The van der Waals surface area contributed by atoms with Crippen LogP contribution >= 0.6 is 0 Å². The standard InChI is InChI=1S/C39H45N7O7S2.C32H39N7O4S/c1-25-6-8-27(9-7-25)55(50,51)53-29-11-13-33-42-34(29)40-20-4-5-26-23-37(2,3)45(24-26)35-28(36(47)44-54(33,48)49)10-12-31(41-35)46-21-14-32(43-46)52-22-15-30-38(16-17-38)39(30)18-19-39;1-30(2)19-21-5-4-16-33-24-6-3-7-27(34-24)44(41,42)37-29(40)22-8-9-25(35-28(22)38(30)20-21)39-17-10-26(36-39)43-18-11-23-31(12-13-31)32(23)14-15-32/h6-14,21,26,30H,4-5,15-20,22-24H2,1-3H3,(H,40,42)(H,44,47);3,6-10,17,21,23H,4-5,11-16,18-20H2,1-2H3,(H,33,34)(H,37,40)/t26-;21-/m00/s1/i15D2,22D2;6D,11D2,18D2. The summed E-state index contributed by atoms with van der Waals surface area (Å²) in [5.41, 5.74) is -0.430. The first-order valence-corrected chi connectivity index (χ1v) is 38.2. The molecule has 4 spiro atoms. The second kappa shape index (κ2) is 23.6. The normalized spacial score (nSPS) is 25.9. The van der Waals surface area contributed by atoms with Crippen LogP contribution in [-0.4, -0.2) is 127 Å². The van der Waals surface area contributed by atoms with Crippen LogP contribution in [0.3, 0.4) is 0 Å². The fourth-order valence-corrected chi connectivity index (χ4v) is 19.5. The zero-order valence-corrected chi connectivity index (χ0v) is 57.9. The van der Waals surface area contributed by atoms with E-state index < -0.39 is 94.9 Å². The third kappa shape index (κ3) is 12.0. The summed E-state index contributed by atoms with van der Waals surface area (Å²) in [5, 5.41) is 14.0. The van der Waals surface area contributed by atoms with Gasteiger partial charge in [-0.25, -0.2) is 38.7 Å². The van der Waals surface area contributed by atoms with Gasteiger partial charge in [0.15, 0.2) is 33.3 Å². The van der Waals surface area contributed by atoms with Crippen LogP contribution in [0, 0.1) is 52.3 Å². The second-order valence-corrected chi connectivity index (χ2v) is 34.4. The maximum atomic E-state index is 14.0. The Morgan fingerprint density at radius 2 is 1.07 bits per heavy atom. The number of hydrogen-bond acceptors (Lipinski definition) is 21. The molecule has 7 aromatic rings. The van der Waals surface area contributed by atoms with Crippen LogP contribution in [0.1, 0.15) is 169 Å². The Balaban J connectivity index is 0.000000168. The van der Waals surface area contributed by atoms with E-state index in [9.17, 15) is 34.8 Å². The van der Waals surface area contributed by atoms with Crippen molar-refractivity contribution in [3.63, 3.8) is 0 Å². The van der Waals surface area contributed by atoms with Crippen LogP contribution in [0.5, 0.6) is 17.5 Å². The average Bonchev–Trinajstić information content (AvgIpc) is 1.44. The molecule has 6 aromatic heterocycles. The number of ether oxygens (including phenoxy) is 2. The van der Waals surface area contributed by atoms with Crippen molar-refractivity contribution in [2.45, 2.75) is 163 Å². The molecule has 2 amide bonds. The maximum absolute atomic E-state index is 14.0. The molecule has 10 aliphatic rings. The van der Waals surface area contributed by atoms with Crippen molar-refractivity contribution in [1.82, 2.24) is 48.9 Å². The summed E-state index contributed by atoms with van der Waals surface area (Å²) in [6.45, 7) is 6.54. The van der Waals surface area contributed by atoms with Crippen molar-refractivity contribution in [3.05, 3.63) is 120 Å². The van der Waals surface area contributed by atoms with Gasteiger partial charge in [-0.15, -0.1) is 10.2 Å². The van der Waals surface area contributed by atoms with Crippen LogP contribution in [0.4, 0.5) is 23.3 Å². The molecular weight excluding hydrogens is 1320 g/mol. The Morgan fingerprint density at radius 1 is 0.596 bits per heavy atom. The van der Waals surface area contributed by atoms with Gasteiger partial charge >= 0.3 is 10.1 Å². The summed E-state index contributed by atoms with van der Waals surface area (Å²) in [6, 6.07) is 19.7. The molecule has 522 valence electrons. The van der Waals surface area contributed by atoms with Crippen LogP contribution in [-0.2, 0) is 30.2 Å². The molecule has 10 heterocycles. The third-order valence-corrected chi connectivity index (χ3v) is 26.0. The number of nitrogens with zero attached hydrogens (tertiary/aromatic N) is 10. The highest BCUT2D eigenvalue weighted by atomic mass is 32.2. The summed E-state index contributed by atoms with van der Waals surface area (Å²) >= 11 is 0. The smallest absolute Gasteiger partial charge is 0.339 e. The zero-order valence-electron chi connectivity index (χ0n) is 64.5. The summed E-state index contributed by atoms with van der Waals surface area (Å²) in [7, 11) is -13.3. The van der Waals surface area contributed by atoms with Gasteiger partial charge in [0.25, 0.3) is 31.9 Å². The first kappa shape index (κ1) is 55.4. The van der Waals surface area contributed by atoms with Gasteiger partial charge in [-0.1, -0.05) is 23.8 Å². The first-order chi connectivity index (χ1) is 50.7. The van der Waals surface area contributed by atoms with Gasteiger partial charge in [0.1, 0.15) is 22.3 Å². The van der Waals surface area contributed by atoms with Gasteiger partial charge < -0.3 is 34.1 Å². The Labute approximate surface area is 589 Å². The van der Waals surface area contributed by atoms with E-state index in [4.69, 9.17) is 36.0 Å². The summed E-state index contributed by atoms with van der Waals surface area (Å²) < 4.78 is 182. The molecular formula is C71H84N14O11S3. The number of anilines is 4. The largest absolute Gasteiger partial charge is 0.477 e. The highest BCUT2D eigenvalue weighted by Crippen LogP contribution is 2.94. The van der Waals surface area contributed by atoms with Crippen molar-refractivity contribution in [1.29, 1.82) is 0 Å². The number of carbonyl (C=O) groups is 2. The number of hydrogen-bond donors (Lipinski definition) is 4. The second-order valence-electron chi connectivity index (χ2n) is 29.6. The molecule has 2 atom stereocenters. The number of rotatable bonds is 13. The molecule has 8 fully saturated rings. The number of benzene rings is 1. The minimum atomic E-state index is -4.63. The molecule has 6 saturated carbocycles. The van der Waals surface area contributed by atoms with Gasteiger partial charge in [0, 0.05) is 67.3 Å². The van der Waals surface area contributed by atoms with Crippen molar-refractivity contribution >= 4 is 65.3 Å². The number of fused-ring (bicyclic) bond motifs is 14. The van der Waals surface area contributed by atoms with E-state index in [2.05, 4.69) is 54.1 Å². The van der Waals surface area contributed by atoms with E-state index in [-0.39, 0.29) is 114 Å². The molecule has 4 N–H and O–H groups in total. The van der Waals surface area contributed by atoms with E-state index in [1.54, 1.807) is 12.1 Å². The molecule has 6 aliphatic carbocycles. The Hall–Kier alpha value is -8.37. The molecule has 0 unspecified atom stereocenters. The number of sulfonamides is 2.